The van der Waals surface area contributed by atoms with Gasteiger partial charge in [-0.15, -0.1) is 0 Å². The number of nitrogens with one attached hydrogen (secondary N) is 1. The molecule has 0 rings (SSSR count). The maximum absolute atomic E-state index is 9.63. The van der Waals surface area contributed by atoms with Gasteiger partial charge in [-0.2, -0.15) is 5.10 Å². The highest BCUT2D eigenvalue weighted by Gasteiger charge is 2.08. The Labute approximate surface area is 85.5 Å². The summed E-state index contributed by atoms with van der Waals surface area (Å²) in [6.45, 7) is 10.7. The summed E-state index contributed by atoms with van der Waals surface area (Å²) < 4.78 is 0. The van der Waals surface area contributed by atoms with Gasteiger partial charge in [0.2, 0.25) is 0 Å². The smallest absolute Gasteiger partial charge is 0.143 e. The fourth-order valence-electron chi connectivity index (χ4n) is 1.06. The van der Waals surface area contributed by atoms with Crippen molar-refractivity contribution in [1.82, 2.24) is 10.3 Å². The fourth-order valence-corrected chi connectivity index (χ4v) is 1.06. The SMILES string of the molecule is C=NNC(C)/N=C/C(O)N(CC)CC. The second-order valence-electron chi connectivity index (χ2n) is 2.90. The molecule has 0 radical (unpaired) electrons. The van der Waals surface area contributed by atoms with Crippen LogP contribution in [0.3, 0.4) is 0 Å². The third-order valence-corrected chi connectivity index (χ3v) is 1.91. The standard InChI is InChI=1S/C9H20N4O/c1-5-13(6-2)9(14)7-11-8(3)12-10-4/h7-9,12,14H,4-6H2,1-3H3/b11-7+. The first kappa shape index (κ1) is 13.1. The summed E-state index contributed by atoms with van der Waals surface area (Å²) in [5.74, 6) is 0. The summed E-state index contributed by atoms with van der Waals surface area (Å²) >= 11 is 0. The molecule has 2 atom stereocenters. The van der Waals surface area contributed by atoms with Crippen LogP contribution in [0.1, 0.15) is 20.8 Å². The van der Waals surface area contributed by atoms with Crippen molar-refractivity contribution in [2.75, 3.05) is 13.1 Å². The minimum absolute atomic E-state index is 0.155. The Morgan fingerprint density at radius 1 is 1.50 bits per heavy atom. The lowest BCUT2D eigenvalue weighted by Crippen LogP contribution is -2.36. The van der Waals surface area contributed by atoms with Crippen LogP contribution in [0, 0.1) is 0 Å². The molecule has 0 aromatic rings. The van der Waals surface area contributed by atoms with Crippen LogP contribution in [-0.2, 0) is 0 Å². The summed E-state index contributed by atoms with van der Waals surface area (Å²) in [5, 5.41) is 13.1. The molecule has 82 valence electrons. The van der Waals surface area contributed by atoms with Crippen molar-refractivity contribution in [3.05, 3.63) is 0 Å². The monoisotopic (exact) mass is 200 g/mol. The van der Waals surface area contributed by atoms with Crippen LogP contribution in [0.15, 0.2) is 10.1 Å². The average Bonchev–Trinajstić information content (AvgIpc) is 2.17. The molecule has 0 saturated carbocycles. The van der Waals surface area contributed by atoms with Gasteiger partial charge in [0, 0.05) is 12.9 Å². The molecule has 0 heterocycles. The highest BCUT2D eigenvalue weighted by molar-refractivity contribution is 5.62. The third-order valence-electron chi connectivity index (χ3n) is 1.91. The topological polar surface area (TPSA) is 60.2 Å². The second-order valence-corrected chi connectivity index (χ2v) is 2.90. The van der Waals surface area contributed by atoms with Crippen molar-refractivity contribution in [3.63, 3.8) is 0 Å². The van der Waals surface area contributed by atoms with E-state index in [1.54, 1.807) is 0 Å². The summed E-state index contributed by atoms with van der Waals surface area (Å²) in [5.41, 5.74) is 2.66. The predicted molar refractivity (Wildman–Crippen MR) is 59.6 cm³/mol. The Kier molecular flexibility index (Phi) is 6.96. The van der Waals surface area contributed by atoms with Gasteiger partial charge in [0.05, 0.1) is 0 Å². The van der Waals surface area contributed by atoms with Gasteiger partial charge < -0.3 is 5.11 Å². The third kappa shape index (κ3) is 4.94. The number of hydrogen-bond donors (Lipinski definition) is 2. The molecule has 2 unspecified atom stereocenters. The van der Waals surface area contributed by atoms with E-state index in [0.29, 0.717) is 0 Å². The minimum Gasteiger partial charge on any atom is -0.373 e. The lowest BCUT2D eigenvalue weighted by atomic mass is 10.4. The van der Waals surface area contributed by atoms with Crippen molar-refractivity contribution in [2.45, 2.75) is 33.2 Å². The average molecular weight is 200 g/mol. The fraction of sp³-hybridized carbons (Fsp3) is 0.778. The maximum atomic E-state index is 9.63. The van der Waals surface area contributed by atoms with E-state index in [0.717, 1.165) is 13.1 Å². The first-order chi connectivity index (χ1) is 6.65. The van der Waals surface area contributed by atoms with Gasteiger partial charge in [-0.1, -0.05) is 13.8 Å². The first-order valence-corrected chi connectivity index (χ1v) is 4.82. The highest BCUT2D eigenvalue weighted by Crippen LogP contribution is 1.93. The molecule has 5 nitrogen and oxygen atoms in total. The molecule has 0 aliphatic carbocycles. The van der Waals surface area contributed by atoms with Gasteiger partial charge in [0.15, 0.2) is 0 Å². The Morgan fingerprint density at radius 2 is 2.07 bits per heavy atom. The van der Waals surface area contributed by atoms with E-state index in [4.69, 9.17) is 0 Å². The lowest BCUT2D eigenvalue weighted by Gasteiger charge is -2.21. The zero-order chi connectivity index (χ0) is 11.0. The molecule has 0 fully saturated rings. The van der Waals surface area contributed by atoms with E-state index in [9.17, 15) is 5.11 Å². The maximum Gasteiger partial charge on any atom is 0.143 e. The van der Waals surface area contributed by atoms with Crippen LogP contribution in [0.2, 0.25) is 0 Å². The van der Waals surface area contributed by atoms with E-state index < -0.39 is 6.23 Å². The van der Waals surface area contributed by atoms with Crippen LogP contribution >= 0.6 is 0 Å². The quantitative estimate of drug-likeness (QED) is 0.352. The zero-order valence-corrected chi connectivity index (χ0v) is 9.14. The van der Waals surface area contributed by atoms with Gasteiger partial charge in [0.25, 0.3) is 0 Å². The number of hydrazone groups is 1. The summed E-state index contributed by atoms with van der Waals surface area (Å²) in [4.78, 5) is 5.96. The molecule has 5 heteroatoms. The zero-order valence-electron chi connectivity index (χ0n) is 9.14. The molecule has 0 aromatic heterocycles. The molecule has 0 spiro atoms. The molecule has 0 saturated heterocycles. The van der Waals surface area contributed by atoms with Crippen molar-refractivity contribution in [3.8, 4) is 0 Å². The normalized spacial score (nSPS) is 15.8. The van der Waals surface area contributed by atoms with Crippen molar-refractivity contribution < 1.29 is 5.11 Å². The number of aliphatic hydroxyl groups excluding tert-OH is 1. The largest absolute Gasteiger partial charge is 0.373 e. The number of nitrogens with zero attached hydrogens (tertiary/aromatic N) is 3. The van der Waals surface area contributed by atoms with E-state index in [1.807, 2.05) is 25.7 Å². The molecule has 0 aromatic carbocycles. The molecule has 0 aliphatic rings. The number of aliphatic hydroxyl groups is 1. The molecule has 0 aliphatic heterocycles. The van der Waals surface area contributed by atoms with Gasteiger partial charge in [0.1, 0.15) is 12.4 Å². The van der Waals surface area contributed by atoms with Crippen LogP contribution < -0.4 is 5.43 Å². The van der Waals surface area contributed by atoms with Gasteiger partial charge >= 0.3 is 0 Å². The Bertz CT molecular complexity index is 180. The Morgan fingerprint density at radius 3 is 2.50 bits per heavy atom. The molecule has 14 heavy (non-hydrogen) atoms. The lowest BCUT2D eigenvalue weighted by molar-refractivity contribution is 0.0697. The van der Waals surface area contributed by atoms with Crippen LogP contribution in [0.25, 0.3) is 0 Å². The van der Waals surface area contributed by atoms with Gasteiger partial charge in [-0.3, -0.25) is 15.3 Å². The van der Waals surface area contributed by atoms with E-state index in [-0.39, 0.29) is 6.17 Å². The number of rotatable bonds is 7. The second kappa shape index (κ2) is 7.46. The van der Waals surface area contributed by atoms with Crippen LogP contribution in [0.4, 0.5) is 0 Å². The molecule has 0 amide bonds. The van der Waals surface area contributed by atoms with Crippen molar-refractivity contribution in [2.24, 2.45) is 10.1 Å². The van der Waals surface area contributed by atoms with Crippen LogP contribution in [0.5, 0.6) is 0 Å². The summed E-state index contributed by atoms with van der Waals surface area (Å²) in [6, 6.07) is 0. The van der Waals surface area contributed by atoms with Gasteiger partial charge in [-0.25, -0.2) is 0 Å². The highest BCUT2D eigenvalue weighted by atomic mass is 16.3. The van der Waals surface area contributed by atoms with E-state index in [2.05, 4.69) is 22.2 Å². The molecular weight excluding hydrogens is 180 g/mol. The molecule has 0 bridgehead atoms. The Balaban J connectivity index is 4.01. The van der Waals surface area contributed by atoms with E-state index >= 15 is 0 Å². The van der Waals surface area contributed by atoms with Crippen molar-refractivity contribution >= 4 is 12.9 Å². The predicted octanol–water partition coefficient (Wildman–Crippen LogP) is 0.269. The molecular formula is C9H20N4O. The Hall–Kier alpha value is -0.940. The van der Waals surface area contributed by atoms with E-state index in [1.165, 1.54) is 6.21 Å². The summed E-state index contributed by atoms with van der Waals surface area (Å²) in [7, 11) is 0. The first-order valence-electron chi connectivity index (χ1n) is 4.82. The number of aliphatic imine (C=N–C) groups is 1. The van der Waals surface area contributed by atoms with Gasteiger partial charge in [-0.05, 0) is 20.0 Å². The minimum atomic E-state index is -0.626. The summed E-state index contributed by atoms with van der Waals surface area (Å²) in [6.07, 6.45) is 0.729. The molecule has 2 N–H and O–H groups in total. The van der Waals surface area contributed by atoms with Crippen LogP contribution in [-0.4, -0.2) is 48.4 Å². The number of hydrogen-bond acceptors (Lipinski definition) is 5. The van der Waals surface area contributed by atoms with Crippen molar-refractivity contribution in [1.29, 1.82) is 0 Å².